The molecule has 27 heavy (non-hydrogen) atoms. The van der Waals surface area contributed by atoms with E-state index in [0.717, 1.165) is 10.2 Å². The maximum atomic E-state index is 12.2. The summed E-state index contributed by atoms with van der Waals surface area (Å²) in [7, 11) is -1.18. The van der Waals surface area contributed by atoms with Crippen LogP contribution in [0.25, 0.3) is 0 Å². The van der Waals surface area contributed by atoms with E-state index in [9.17, 15) is 13.2 Å². The lowest BCUT2D eigenvalue weighted by atomic mass is 10.2. The highest BCUT2D eigenvalue weighted by Gasteiger charge is 2.31. The number of amides is 1. The zero-order chi connectivity index (χ0) is 19.4. The number of sulfone groups is 1. The lowest BCUT2D eigenvalue weighted by Gasteiger charge is -2.22. The largest absolute Gasteiger partial charge is 0.457 e. The molecule has 0 radical (unpaired) electrons. The van der Waals surface area contributed by atoms with Crippen LogP contribution in [0.5, 0.6) is 11.5 Å². The third kappa shape index (κ3) is 5.79. The smallest absolute Gasteiger partial charge is 0.238 e. The maximum Gasteiger partial charge on any atom is 0.238 e. The topological polar surface area (TPSA) is 75.7 Å². The molecule has 3 rings (SSSR count). The number of halogens is 1. The van der Waals surface area contributed by atoms with Gasteiger partial charge >= 0.3 is 0 Å². The van der Waals surface area contributed by atoms with E-state index < -0.39 is 9.84 Å². The van der Waals surface area contributed by atoms with Crippen molar-refractivity contribution in [2.45, 2.75) is 12.5 Å². The van der Waals surface area contributed by atoms with Crippen molar-refractivity contribution in [3.63, 3.8) is 0 Å². The number of benzene rings is 2. The highest BCUT2D eigenvalue weighted by molar-refractivity contribution is 9.10. The summed E-state index contributed by atoms with van der Waals surface area (Å²) in [6.07, 6.45) is 0.578. The first-order valence-electron chi connectivity index (χ1n) is 8.55. The van der Waals surface area contributed by atoms with Crippen molar-refractivity contribution in [1.82, 2.24) is 4.90 Å². The van der Waals surface area contributed by atoms with Crippen LogP contribution in [-0.2, 0) is 14.6 Å². The van der Waals surface area contributed by atoms with Gasteiger partial charge in [0.1, 0.15) is 11.5 Å². The summed E-state index contributed by atoms with van der Waals surface area (Å²) < 4.78 is 29.8. The minimum Gasteiger partial charge on any atom is -0.457 e. The number of carbonyl (C=O) groups excluding carboxylic acids is 1. The second-order valence-corrected chi connectivity index (χ2v) is 9.74. The van der Waals surface area contributed by atoms with Crippen molar-refractivity contribution >= 4 is 37.4 Å². The molecule has 6 nitrogen and oxygen atoms in total. The molecule has 8 heteroatoms. The van der Waals surface area contributed by atoms with E-state index >= 15 is 0 Å². The van der Waals surface area contributed by atoms with Gasteiger partial charge in [-0.1, -0.05) is 15.9 Å². The quantitative estimate of drug-likeness (QED) is 0.727. The van der Waals surface area contributed by atoms with Gasteiger partial charge in [-0.25, -0.2) is 8.42 Å². The Labute approximate surface area is 167 Å². The van der Waals surface area contributed by atoms with Gasteiger partial charge in [-0.2, -0.15) is 0 Å². The fraction of sp³-hybridized carbons (Fsp3) is 0.316. The van der Waals surface area contributed by atoms with Crippen molar-refractivity contribution in [3.8, 4) is 11.5 Å². The fourth-order valence-electron chi connectivity index (χ4n) is 2.92. The molecule has 0 aliphatic carbocycles. The first-order valence-corrected chi connectivity index (χ1v) is 11.2. The molecule has 0 spiro atoms. The van der Waals surface area contributed by atoms with Crippen LogP contribution in [0.3, 0.4) is 0 Å². The fourth-order valence-corrected chi connectivity index (χ4v) is 4.99. The zero-order valence-corrected chi connectivity index (χ0v) is 17.3. The van der Waals surface area contributed by atoms with E-state index in [2.05, 4.69) is 21.2 Å². The molecule has 1 saturated heterocycles. The second kappa shape index (κ2) is 8.41. The number of likely N-dealkylation sites (N-methyl/N-ethyl adjacent to an activating group) is 1. The maximum absolute atomic E-state index is 12.2. The number of nitrogens with one attached hydrogen (secondary N) is 1. The van der Waals surface area contributed by atoms with Gasteiger partial charge in [-0.15, -0.1) is 0 Å². The van der Waals surface area contributed by atoms with Gasteiger partial charge in [0.05, 0.1) is 18.1 Å². The Morgan fingerprint density at radius 3 is 2.30 bits per heavy atom. The Hall–Kier alpha value is -1.90. The van der Waals surface area contributed by atoms with Gasteiger partial charge in [0.2, 0.25) is 5.91 Å². The first kappa shape index (κ1) is 19.9. The molecule has 1 fully saturated rings. The molecule has 1 amide bonds. The molecule has 2 aromatic carbocycles. The van der Waals surface area contributed by atoms with E-state index in [1.54, 1.807) is 36.2 Å². The number of anilines is 1. The molecule has 1 N–H and O–H groups in total. The Balaban J connectivity index is 1.51. The van der Waals surface area contributed by atoms with Gasteiger partial charge in [0.25, 0.3) is 0 Å². The van der Waals surface area contributed by atoms with E-state index in [4.69, 9.17) is 4.74 Å². The van der Waals surface area contributed by atoms with E-state index in [0.29, 0.717) is 17.9 Å². The van der Waals surface area contributed by atoms with Gasteiger partial charge in [-0.3, -0.25) is 9.69 Å². The number of hydrogen-bond acceptors (Lipinski definition) is 5. The normalized spacial score (nSPS) is 18.4. The third-order valence-corrected chi connectivity index (χ3v) is 6.69. The van der Waals surface area contributed by atoms with Crippen molar-refractivity contribution in [2.75, 3.05) is 30.4 Å². The molecule has 144 valence electrons. The van der Waals surface area contributed by atoms with Crippen LogP contribution < -0.4 is 10.1 Å². The number of rotatable bonds is 6. The molecule has 1 atom stereocenters. The molecule has 1 aliphatic heterocycles. The van der Waals surface area contributed by atoms with Gasteiger partial charge < -0.3 is 10.1 Å². The number of nitrogens with zero attached hydrogens (tertiary/aromatic N) is 1. The summed E-state index contributed by atoms with van der Waals surface area (Å²) in [6, 6.07) is 14.5. The number of ether oxygens (including phenoxy) is 1. The SMILES string of the molecule is CN(CC(=O)Nc1ccc(Oc2ccc(Br)cc2)cc1)C1CCS(=O)(=O)C1. The zero-order valence-electron chi connectivity index (χ0n) is 14.9. The molecule has 2 aromatic rings. The van der Waals surface area contributed by atoms with Crippen LogP contribution in [-0.4, -0.2) is 50.4 Å². The van der Waals surface area contributed by atoms with Crippen molar-refractivity contribution in [3.05, 3.63) is 53.0 Å². The van der Waals surface area contributed by atoms with Crippen LogP contribution in [0.4, 0.5) is 5.69 Å². The highest BCUT2D eigenvalue weighted by atomic mass is 79.9. The van der Waals surface area contributed by atoms with E-state index in [1.165, 1.54) is 0 Å². The standard InChI is InChI=1S/C19H21BrN2O4S/c1-22(16-10-11-27(24,25)13-16)12-19(23)21-15-4-8-18(9-5-15)26-17-6-2-14(20)3-7-17/h2-9,16H,10-13H2,1H3,(H,21,23). The summed E-state index contributed by atoms with van der Waals surface area (Å²) in [5.41, 5.74) is 0.663. The molecule has 0 bridgehead atoms. The third-order valence-electron chi connectivity index (χ3n) is 4.41. The van der Waals surface area contributed by atoms with Gasteiger partial charge in [0.15, 0.2) is 9.84 Å². The first-order chi connectivity index (χ1) is 12.8. The van der Waals surface area contributed by atoms with Crippen LogP contribution in [0, 0.1) is 0 Å². The van der Waals surface area contributed by atoms with Crippen molar-refractivity contribution < 1.29 is 17.9 Å². The number of carbonyl (C=O) groups is 1. The van der Waals surface area contributed by atoms with Crippen LogP contribution in [0.15, 0.2) is 53.0 Å². The molecule has 0 saturated carbocycles. The summed E-state index contributed by atoms with van der Waals surface area (Å²) in [5.74, 6) is 1.54. The predicted molar refractivity (Wildman–Crippen MR) is 109 cm³/mol. The monoisotopic (exact) mass is 452 g/mol. The van der Waals surface area contributed by atoms with Crippen LogP contribution in [0.2, 0.25) is 0 Å². The summed E-state index contributed by atoms with van der Waals surface area (Å²) in [5, 5.41) is 2.82. The van der Waals surface area contributed by atoms with Crippen molar-refractivity contribution in [2.24, 2.45) is 0 Å². The Morgan fingerprint density at radius 2 is 1.74 bits per heavy atom. The number of hydrogen-bond donors (Lipinski definition) is 1. The highest BCUT2D eigenvalue weighted by Crippen LogP contribution is 2.24. The van der Waals surface area contributed by atoms with Crippen LogP contribution >= 0.6 is 15.9 Å². The Morgan fingerprint density at radius 1 is 1.15 bits per heavy atom. The van der Waals surface area contributed by atoms with E-state index in [-0.39, 0.29) is 30.0 Å². The average Bonchev–Trinajstić information content (AvgIpc) is 2.99. The van der Waals surface area contributed by atoms with Gasteiger partial charge in [-0.05, 0) is 62.0 Å². The molecule has 1 heterocycles. The molecule has 0 aromatic heterocycles. The average molecular weight is 453 g/mol. The lowest BCUT2D eigenvalue weighted by Crippen LogP contribution is -2.38. The Bertz CT molecular complexity index is 898. The van der Waals surface area contributed by atoms with Gasteiger partial charge in [0, 0.05) is 16.2 Å². The van der Waals surface area contributed by atoms with E-state index in [1.807, 2.05) is 24.3 Å². The minimum absolute atomic E-state index is 0.0950. The predicted octanol–water partition coefficient (Wildman–Crippen LogP) is 3.30. The molecule has 1 aliphatic rings. The molecular weight excluding hydrogens is 432 g/mol. The summed E-state index contributed by atoms with van der Waals surface area (Å²) >= 11 is 3.38. The second-order valence-electron chi connectivity index (χ2n) is 6.60. The molecule has 1 unspecified atom stereocenters. The summed E-state index contributed by atoms with van der Waals surface area (Å²) in [4.78, 5) is 14.0. The Kier molecular flexibility index (Phi) is 6.18. The van der Waals surface area contributed by atoms with Crippen molar-refractivity contribution in [1.29, 1.82) is 0 Å². The summed E-state index contributed by atoms with van der Waals surface area (Å²) in [6.45, 7) is 0.150. The minimum atomic E-state index is -2.96. The molecular formula is C19H21BrN2O4S. The lowest BCUT2D eigenvalue weighted by molar-refractivity contribution is -0.117. The van der Waals surface area contributed by atoms with Crippen LogP contribution in [0.1, 0.15) is 6.42 Å².